The van der Waals surface area contributed by atoms with Crippen LogP contribution in [0.25, 0.3) is 0 Å². The summed E-state index contributed by atoms with van der Waals surface area (Å²) in [5.41, 5.74) is 1.63. The van der Waals surface area contributed by atoms with Gasteiger partial charge in [0.1, 0.15) is 12.4 Å². The minimum absolute atomic E-state index is 0.268. The van der Waals surface area contributed by atoms with Gasteiger partial charge in [-0.25, -0.2) is 0 Å². The van der Waals surface area contributed by atoms with Crippen LogP contribution in [0.15, 0.2) is 24.3 Å². The second-order valence-electron chi connectivity index (χ2n) is 6.25. The topological polar surface area (TPSA) is 24.5 Å². The summed E-state index contributed by atoms with van der Waals surface area (Å²) in [6.45, 7) is 9.90. The molecule has 0 saturated carbocycles. The molecule has 0 bridgehead atoms. The zero-order valence-corrected chi connectivity index (χ0v) is 12.9. The van der Waals surface area contributed by atoms with Crippen LogP contribution in [0, 0.1) is 0 Å². The number of rotatable bonds is 3. The molecule has 1 aromatic rings. The Bertz CT molecular complexity index is 470. The van der Waals surface area contributed by atoms with Gasteiger partial charge < -0.3 is 10.1 Å². The van der Waals surface area contributed by atoms with Gasteiger partial charge in [-0.2, -0.15) is 0 Å². The molecule has 1 aromatic carbocycles. The average molecular weight is 274 g/mol. The van der Waals surface area contributed by atoms with Crippen molar-refractivity contribution in [3.63, 3.8) is 0 Å². The maximum atomic E-state index is 5.89. The number of benzene rings is 1. The minimum Gasteiger partial charge on any atom is -0.491 e. The van der Waals surface area contributed by atoms with Crippen LogP contribution >= 0.6 is 0 Å². The highest BCUT2D eigenvalue weighted by molar-refractivity contribution is 5.39. The van der Waals surface area contributed by atoms with Gasteiger partial charge in [-0.15, -0.1) is 0 Å². The number of piperazine rings is 1. The molecule has 0 aliphatic carbocycles. The van der Waals surface area contributed by atoms with E-state index in [1.54, 1.807) is 0 Å². The molecule has 0 radical (unpaired) electrons. The van der Waals surface area contributed by atoms with E-state index in [2.05, 4.69) is 55.3 Å². The Morgan fingerprint density at radius 3 is 2.80 bits per heavy atom. The molecular formula is C17H26N2O. The van der Waals surface area contributed by atoms with Crippen molar-refractivity contribution in [1.82, 2.24) is 10.2 Å². The van der Waals surface area contributed by atoms with Crippen LogP contribution in [-0.2, 0) is 0 Å². The molecule has 0 spiro atoms. The Balaban J connectivity index is 1.86. The van der Waals surface area contributed by atoms with Gasteiger partial charge in [0.2, 0.25) is 0 Å². The molecule has 0 aromatic heterocycles. The van der Waals surface area contributed by atoms with Crippen LogP contribution in [0.1, 0.15) is 45.2 Å². The molecule has 1 fully saturated rings. The normalized spacial score (nSPS) is 28.9. The van der Waals surface area contributed by atoms with E-state index in [4.69, 9.17) is 4.74 Å². The third-order valence-corrected chi connectivity index (χ3v) is 5.25. The van der Waals surface area contributed by atoms with Gasteiger partial charge in [0.15, 0.2) is 0 Å². The van der Waals surface area contributed by atoms with E-state index in [1.807, 2.05) is 0 Å². The van der Waals surface area contributed by atoms with Gasteiger partial charge in [0.05, 0.1) is 6.04 Å². The van der Waals surface area contributed by atoms with Crippen LogP contribution in [0.3, 0.4) is 0 Å². The maximum absolute atomic E-state index is 5.89. The Kier molecular flexibility index (Phi) is 3.74. The third kappa shape index (κ3) is 2.23. The third-order valence-electron chi connectivity index (χ3n) is 5.25. The van der Waals surface area contributed by atoms with Crippen molar-refractivity contribution in [3.05, 3.63) is 29.8 Å². The lowest BCUT2D eigenvalue weighted by atomic mass is 9.87. The van der Waals surface area contributed by atoms with Crippen molar-refractivity contribution in [3.8, 4) is 5.75 Å². The van der Waals surface area contributed by atoms with E-state index < -0.39 is 0 Å². The zero-order valence-electron chi connectivity index (χ0n) is 12.9. The van der Waals surface area contributed by atoms with E-state index in [0.29, 0.717) is 12.1 Å². The quantitative estimate of drug-likeness (QED) is 0.917. The first-order valence-electron chi connectivity index (χ1n) is 7.91. The largest absolute Gasteiger partial charge is 0.491 e. The van der Waals surface area contributed by atoms with Gasteiger partial charge >= 0.3 is 0 Å². The van der Waals surface area contributed by atoms with E-state index in [0.717, 1.165) is 25.4 Å². The highest BCUT2D eigenvalue weighted by Gasteiger charge is 2.40. The fourth-order valence-electron chi connectivity index (χ4n) is 3.60. The summed E-state index contributed by atoms with van der Waals surface area (Å²) in [6, 6.07) is 9.48. The molecule has 20 heavy (non-hydrogen) atoms. The van der Waals surface area contributed by atoms with Gasteiger partial charge in [0.25, 0.3) is 0 Å². The summed E-state index contributed by atoms with van der Waals surface area (Å²) >= 11 is 0. The second-order valence-corrected chi connectivity index (χ2v) is 6.25. The number of hydrogen-bond acceptors (Lipinski definition) is 3. The number of ether oxygens (including phenoxy) is 1. The fraction of sp³-hybridized carbons (Fsp3) is 0.647. The summed E-state index contributed by atoms with van der Waals surface area (Å²) in [5, 5.41) is 3.78. The van der Waals surface area contributed by atoms with Crippen LogP contribution in [0.2, 0.25) is 0 Å². The molecule has 1 saturated heterocycles. The van der Waals surface area contributed by atoms with Crippen molar-refractivity contribution < 1.29 is 4.74 Å². The smallest absolute Gasteiger partial charge is 0.124 e. The lowest BCUT2D eigenvalue weighted by molar-refractivity contribution is 0.0357. The van der Waals surface area contributed by atoms with E-state index in [1.165, 1.54) is 18.4 Å². The fourth-order valence-corrected chi connectivity index (χ4v) is 3.60. The first-order valence-corrected chi connectivity index (χ1v) is 7.91. The highest BCUT2D eigenvalue weighted by atomic mass is 16.5. The van der Waals surface area contributed by atoms with Crippen LogP contribution in [0.5, 0.6) is 5.75 Å². The summed E-state index contributed by atoms with van der Waals surface area (Å²) in [4.78, 5) is 2.65. The molecule has 2 aliphatic rings. The monoisotopic (exact) mass is 274 g/mol. The first-order chi connectivity index (χ1) is 9.69. The van der Waals surface area contributed by atoms with Crippen LogP contribution < -0.4 is 10.1 Å². The molecular weight excluding hydrogens is 248 g/mol. The van der Waals surface area contributed by atoms with Gasteiger partial charge in [-0.05, 0) is 25.8 Å². The highest BCUT2D eigenvalue weighted by Crippen LogP contribution is 2.38. The predicted molar refractivity (Wildman–Crippen MR) is 82.2 cm³/mol. The minimum atomic E-state index is 0.268. The van der Waals surface area contributed by atoms with Crippen molar-refractivity contribution in [2.75, 3.05) is 19.7 Å². The SMILES string of the molecule is CCC1(CC)CN(C2COc3ccccc32)C(C)CN1. The van der Waals surface area contributed by atoms with Crippen molar-refractivity contribution in [1.29, 1.82) is 0 Å². The molecule has 2 unspecified atom stereocenters. The molecule has 3 heteroatoms. The molecule has 2 atom stereocenters. The average Bonchev–Trinajstić information content (AvgIpc) is 2.92. The van der Waals surface area contributed by atoms with E-state index in [-0.39, 0.29) is 5.54 Å². The summed E-state index contributed by atoms with van der Waals surface area (Å²) in [5.74, 6) is 1.07. The number of nitrogens with one attached hydrogen (secondary N) is 1. The van der Waals surface area contributed by atoms with Crippen molar-refractivity contribution >= 4 is 0 Å². The Morgan fingerprint density at radius 2 is 2.05 bits per heavy atom. The number of hydrogen-bond donors (Lipinski definition) is 1. The number of fused-ring (bicyclic) bond motifs is 1. The Labute approximate surface area is 122 Å². The lowest BCUT2D eigenvalue weighted by Gasteiger charge is -2.48. The number of nitrogens with zero attached hydrogens (tertiary/aromatic N) is 1. The molecule has 1 N–H and O–H groups in total. The first kappa shape index (κ1) is 13.9. The second kappa shape index (κ2) is 5.38. The van der Waals surface area contributed by atoms with Gasteiger partial charge in [-0.1, -0.05) is 32.0 Å². The van der Waals surface area contributed by atoms with E-state index in [9.17, 15) is 0 Å². The summed E-state index contributed by atoms with van der Waals surface area (Å²) < 4.78 is 5.89. The van der Waals surface area contributed by atoms with Crippen LogP contribution in [0.4, 0.5) is 0 Å². The number of para-hydroxylation sites is 1. The zero-order chi connectivity index (χ0) is 14.2. The maximum Gasteiger partial charge on any atom is 0.124 e. The van der Waals surface area contributed by atoms with Crippen LogP contribution in [-0.4, -0.2) is 36.2 Å². The molecule has 2 aliphatic heterocycles. The molecule has 110 valence electrons. The van der Waals surface area contributed by atoms with E-state index >= 15 is 0 Å². The lowest BCUT2D eigenvalue weighted by Crippen LogP contribution is -2.63. The van der Waals surface area contributed by atoms with Crippen molar-refractivity contribution in [2.45, 2.75) is 51.2 Å². The molecule has 2 heterocycles. The molecule has 3 rings (SSSR count). The Morgan fingerprint density at radius 1 is 1.30 bits per heavy atom. The van der Waals surface area contributed by atoms with Gasteiger partial charge in [-0.3, -0.25) is 4.90 Å². The Hall–Kier alpha value is -1.06. The van der Waals surface area contributed by atoms with Crippen molar-refractivity contribution in [2.24, 2.45) is 0 Å². The summed E-state index contributed by atoms with van der Waals surface area (Å²) in [6.07, 6.45) is 2.36. The molecule has 3 nitrogen and oxygen atoms in total. The summed E-state index contributed by atoms with van der Waals surface area (Å²) in [7, 11) is 0. The van der Waals surface area contributed by atoms with Gasteiger partial charge in [0, 0.05) is 30.2 Å². The predicted octanol–water partition coefficient (Wildman–Crippen LogP) is 2.97. The molecule has 0 amide bonds. The standard InChI is InChI=1S/C17H26N2O/c1-4-17(5-2)12-19(13(3)10-18-17)15-11-20-16-9-7-6-8-14(15)16/h6-9,13,15,18H,4-5,10-12H2,1-3H3.